The number of guanidine groups is 1. The summed E-state index contributed by atoms with van der Waals surface area (Å²) in [4.78, 5) is 128. The number of benzene rings is 3. The lowest BCUT2D eigenvalue weighted by atomic mass is 9.95. The van der Waals surface area contributed by atoms with Crippen LogP contribution in [0.5, 0.6) is 5.75 Å². The minimum absolute atomic E-state index is 0.00477. The second-order valence-electron chi connectivity index (χ2n) is 19.5. The summed E-state index contributed by atoms with van der Waals surface area (Å²) in [6.07, 6.45) is 0.0959. The van der Waals surface area contributed by atoms with Crippen LogP contribution in [0.2, 0.25) is 0 Å². The van der Waals surface area contributed by atoms with E-state index in [0.717, 1.165) is 0 Å². The van der Waals surface area contributed by atoms with Crippen LogP contribution in [0.4, 0.5) is 5.69 Å². The second kappa shape index (κ2) is 29.7. The first-order valence-electron chi connectivity index (χ1n) is 25.5. The molecule has 1 saturated heterocycles. The Morgan fingerprint density at radius 1 is 0.662 bits per heavy atom. The standard InChI is InChI=1S/C53H74N12O12/c1-5-30(4)44(50(74)61-39(26-32-15-19-34(54)20-16-32)51(75)65-24-10-14-41(65)48(72)62-40(52(76)77)27-31-11-7-6-8-12-31)64-47(71)38(25-33-17-21-35(66)22-18-33)60-49(73)43(29(2)3)63-46(70)37(13-9-23-58-53(56)57)59-45(69)36(55)28-42(67)68/h6-8,11-12,15-22,29-30,36-41,43-44,66H,5,9-10,13-14,23-28,54-55H2,1-4H3,(H,59,69)(H,60,73)(H,61,74)(H,62,72)(H,63,70)(H,64,71)(H,67,68)(H,76,77)(H4,56,57,58)/t30-,36-,37?,38-,39-,40-,41-,43-,44-/m0/s1. The molecule has 3 aromatic rings. The van der Waals surface area contributed by atoms with Gasteiger partial charge in [0.15, 0.2) is 5.96 Å². The monoisotopic (exact) mass is 1070 g/mol. The number of aliphatic imine (C=N–C) groups is 1. The maximum atomic E-state index is 14.7. The zero-order valence-electron chi connectivity index (χ0n) is 43.8. The number of carbonyl (C=O) groups is 9. The lowest BCUT2D eigenvalue weighted by Crippen LogP contribution is -2.62. The van der Waals surface area contributed by atoms with E-state index in [2.05, 4.69) is 36.9 Å². The van der Waals surface area contributed by atoms with Gasteiger partial charge >= 0.3 is 11.9 Å². The predicted octanol–water partition coefficient (Wildman–Crippen LogP) is -0.456. The fourth-order valence-corrected chi connectivity index (χ4v) is 8.59. The normalized spacial score (nSPS) is 16.2. The first-order chi connectivity index (χ1) is 36.5. The van der Waals surface area contributed by atoms with Gasteiger partial charge in [-0.15, -0.1) is 0 Å². The van der Waals surface area contributed by atoms with Crippen LogP contribution < -0.4 is 54.8 Å². The van der Waals surface area contributed by atoms with Crippen LogP contribution in [-0.4, -0.2) is 141 Å². The number of hydrogen-bond donors (Lipinski definition) is 13. The van der Waals surface area contributed by atoms with Gasteiger partial charge in [0.1, 0.15) is 48.0 Å². The largest absolute Gasteiger partial charge is 0.508 e. The number of rotatable bonds is 29. The van der Waals surface area contributed by atoms with Crippen molar-refractivity contribution in [2.24, 2.45) is 34.0 Å². The van der Waals surface area contributed by atoms with Gasteiger partial charge in [-0.2, -0.15) is 0 Å². The fourth-order valence-electron chi connectivity index (χ4n) is 8.59. The topological polar surface area (TPSA) is 406 Å². The first kappa shape index (κ1) is 61.3. The third-order valence-corrected chi connectivity index (χ3v) is 13.1. The van der Waals surface area contributed by atoms with E-state index in [-0.39, 0.29) is 63.3 Å². The highest BCUT2D eigenvalue weighted by Crippen LogP contribution is 2.22. The summed E-state index contributed by atoms with van der Waals surface area (Å²) in [5.41, 5.74) is 24.8. The molecule has 77 heavy (non-hydrogen) atoms. The number of aromatic hydroxyl groups is 1. The highest BCUT2D eigenvalue weighted by Gasteiger charge is 2.41. The van der Waals surface area contributed by atoms with E-state index < -0.39 is 120 Å². The Labute approximate surface area is 446 Å². The molecule has 0 bridgehead atoms. The fraction of sp³-hybridized carbons (Fsp3) is 0.472. The second-order valence-corrected chi connectivity index (χ2v) is 19.5. The number of carboxylic acid groups (broad SMARTS) is 2. The number of amides is 7. The van der Waals surface area contributed by atoms with E-state index in [0.29, 0.717) is 35.2 Å². The molecule has 1 aliphatic rings. The Bertz CT molecular complexity index is 2540. The van der Waals surface area contributed by atoms with Crippen molar-refractivity contribution in [3.05, 3.63) is 95.6 Å². The maximum Gasteiger partial charge on any atom is 0.326 e. The van der Waals surface area contributed by atoms with E-state index in [9.17, 15) is 58.5 Å². The number of nitrogen functional groups attached to an aromatic ring is 1. The first-order valence-corrected chi connectivity index (χ1v) is 25.5. The molecule has 1 unspecified atom stereocenters. The maximum absolute atomic E-state index is 14.7. The van der Waals surface area contributed by atoms with Gasteiger partial charge < -0.3 is 75.1 Å². The van der Waals surface area contributed by atoms with Crippen molar-refractivity contribution in [3.63, 3.8) is 0 Å². The van der Waals surface area contributed by atoms with Gasteiger partial charge in [-0.1, -0.05) is 88.7 Å². The lowest BCUT2D eigenvalue weighted by molar-refractivity contribution is -0.145. The molecule has 24 heteroatoms. The summed E-state index contributed by atoms with van der Waals surface area (Å²) >= 11 is 0. The van der Waals surface area contributed by atoms with E-state index in [1.165, 1.54) is 29.2 Å². The molecular formula is C53H74N12O12. The van der Waals surface area contributed by atoms with Crippen molar-refractivity contribution in [2.75, 3.05) is 18.8 Å². The summed E-state index contributed by atoms with van der Waals surface area (Å²) in [6, 6.07) is 10.5. The average Bonchev–Trinajstić information content (AvgIpc) is 3.88. The lowest BCUT2D eigenvalue weighted by Gasteiger charge is -2.32. The molecule has 418 valence electrons. The van der Waals surface area contributed by atoms with Gasteiger partial charge in [-0.25, -0.2) is 4.79 Å². The Balaban J connectivity index is 1.62. The van der Waals surface area contributed by atoms with Gasteiger partial charge in [0.05, 0.1) is 12.5 Å². The third kappa shape index (κ3) is 19.4. The summed E-state index contributed by atoms with van der Waals surface area (Å²) < 4.78 is 0. The van der Waals surface area contributed by atoms with Gasteiger partial charge in [-0.05, 0) is 78.5 Å². The molecule has 0 aliphatic carbocycles. The van der Waals surface area contributed by atoms with Crippen molar-refractivity contribution in [1.29, 1.82) is 0 Å². The molecule has 1 aliphatic heterocycles. The van der Waals surface area contributed by atoms with Crippen LogP contribution in [0.3, 0.4) is 0 Å². The van der Waals surface area contributed by atoms with Crippen molar-refractivity contribution in [2.45, 2.75) is 134 Å². The number of nitrogens with two attached hydrogens (primary N) is 4. The summed E-state index contributed by atoms with van der Waals surface area (Å²) in [5.74, 6) is -9.64. The molecule has 4 rings (SSSR count). The van der Waals surface area contributed by atoms with Crippen molar-refractivity contribution >= 4 is 64.9 Å². The summed E-state index contributed by atoms with van der Waals surface area (Å²) in [6.45, 7) is 6.91. The smallest absolute Gasteiger partial charge is 0.326 e. The molecule has 0 saturated carbocycles. The number of anilines is 1. The molecule has 3 aromatic carbocycles. The molecule has 17 N–H and O–H groups in total. The van der Waals surface area contributed by atoms with Gasteiger partial charge in [0, 0.05) is 38.0 Å². The van der Waals surface area contributed by atoms with Crippen LogP contribution in [-0.2, 0) is 62.4 Å². The van der Waals surface area contributed by atoms with E-state index in [4.69, 9.17) is 22.9 Å². The number of carbonyl (C=O) groups excluding carboxylic acids is 7. The molecule has 0 aromatic heterocycles. The number of nitrogens with one attached hydrogen (secondary N) is 6. The number of phenols is 1. The highest BCUT2D eigenvalue weighted by molar-refractivity contribution is 5.98. The number of likely N-dealkylation sites (tertiary alicyclic amines) is 1. The van der Waals surface area contributed by atoms with Crippen molar-refractivity contribution < 1.29 is 58.5 Å². The number of aliphatic carboxylic acids is 2. The minimum Gasteiger partial charge on any atom is -0.508 e. The molecule has 1 fully saturated rings. The number of carboxylic acids is 2. The van der Waals surface area contributed by atoms with Crippen LogP contribution in [0.15, 0.2) is 83.9 Å². The molecule has 9 atom stereocenters. The van der Waals surface area contributed by atoms with Crippen molar-refractivity contribution in [3.8, 4) is 5.75 Å². The van der Waals surface area contributed by atoms with Crippen LogP contribution in [0, 0.1) is 11.8 Å². The SMILES string of the molecule is CC[C@H](C)[C@H](NC(=O)[C@H](Cc1ccc(O)cc1)NC(=O)[C@@H](NC(=O)C(CCCN=C(N)N)NC(=O)[C@@H](N)CC(=O)O)C(C)C)C(=O)N[C@@H](Cc1ccc(N)cc1)C(=O)N1CCC[C@H]1C(=O)N[C@@H](Cc1ccccc1)C(=O)O. The molecule has 0 spiro atoms. The van der Waals surface area contributed by atoms with Gasteiger partial charge in [0.25, 0.3) is 0 Å². The Hall–Kier alpha value is -8.28. The Kier molecular flexibility index (Phi) is 23.6. The summed E-state index contributed by atoms with van der Waals surface area (Å²) in [7, 11) is 0. The molecule has 7 amide bonds. The third-order valence-electron chi connectivity index (χ3n) is 13.1. The quantitative estimate of drug-likeness (QED) is 0.0181. The minimum atomic E-state index is -1.51. The van der Waals surface area contributed by atoms with Crippen LogP contribution >= 0.6 is 0 Å². The van der Waals surface area contributed by atoms with Crippen LogP contribution in [0.25, 0.3) is 0 Å². The van der Waals surface area contributed by atoms with Crippen molar-refractivity contribution in [1.82, 2.24) is 36.8 Å². The number of phenolic OH excluding ortho intramolecular Hbond substituents is 1. The zero-order valence-corrected chi connectivity index (χ0v) is 43.8. The van der Waals surface area contributed by atoms with E-state index in [1.54, 1.807) is 82.3 Å². The van der Waals surface area contributed by atoms with Gasteiger partial charge in [-0.3, -0.25) is 43.3 Å². The highest BCUT2D eigenvalue weighted by atomic mass is 16.4. The van der Waals surface area contributed by atoms with E-state index in [1.807, 2.05) is 0 Å². The molecule has 1 heterocycles. The summed E-state index contributed by atoms with van der Waals surface area (Å²) in [5, 5.41) is 45.3. The molecule has 24 nitrogen and oxygen atoms in total. The number of hydrogen-bond acceptors (Lipinski definition) is 13. The van der Waals surface area contributed by atoms with Gasteiger partial charge in [0.2, 0.25) is 41.4 Å². The Morgan fingerprint density at radius 3 is 1.78 bits per heavy atom. The number of nitrogens with zero attached hydrogens (tertiary/aromatic N) is 2. The molecular weight excluding hydrogens is 997 g/mol. The Morgan fingerprint density at radius 2 is 1.19 bits per heavy atom. The zero-order chi connectivity index (χ0) is 56.9. The van der Waals surface area contributed by atoms with Crippen LogP contribution in [0.1, 0.15) is 82.9 Å². The predicted molar refractivity (Wildman–Crippen MR) is 285 cm³/mol. The van der Waals surface area contributed by atoms with E-state index >= 15 is 0 Å². The average molecular weight is 1070 g/mol. The molecule has 0 radical (unpaired) electrons.